The van der Waals surface area contributed by atoms with Gasteiger partial charge >= 0.3 is 0 Å². The van der Waals surface area contributed by atoms with Gasteiger partial charge < -0.3 is 14.9 Å². The third-order valence-corrected chi connectivity index (χ3v) is 5.20. The number of likely N-dealkylation sites (tertiary alicyclic amines) is 1. The smallest absolute Gasteiger partial charge is 0.227 e. The number of aryl methyl sites for hydroxylation is 1. The molecule has 6 heteroatoms. The van der Waals surface area contributed by atoms with Crippen LogP contribution in [0.15, 0.2) is 18.2 Å². The summed E-state index contributed by atoms with van der Waals surface area (Å²) in [6, 6.07) is 4.55. The second-order valence-corrected chi connectivity index (χ2v) is 6.82. The minimum Gasteiger partial charge on any atom is -0.396 e. The molecule has 1 aromatic rings. The molecule has 1 aromatic carbocycles. The Kier molecular flexibility index (Phi) is 5.68. The maximum atomic E-state index is 13.4. The van der Waals surface area contributed by atoms with Gasteiger partial charge in [-0.05, 0) is 55.9 Å². The van der Waals surface area contributed by atoms with E-state index in [4.69, 9.17) is 0 Å². The highest BCUT2D eigenvalue weighted by Gasteiger charge is 2.29. The molecule has 0 bridgehead atoms. The topological polar surface area (TPSA) is 60.9 Å². The lowest BCUT2D eigenvalue weighted by Crippen LogP contribution is -2.46. The lowest BCUT2D eigenvalue weighted by atomic mass is 9.98. The molecule has 2 heterocycles. The van der Waals surface area contributed by atoms with Crippen molar-refractivity contribution in [1.82, 2.24) is 4.90 Å². The van der Waals surface area contributed by atoms with Crippen LogP contribution in [0, 0.1) is 5.82 Å². The highest BCUT2D eigenvalue weighted by molar-refractivity contribution is 5.97. The molecule has 1 unspecified atom stereocenters. The van der Waals surface area contributed by atoms with Crippen LogP contribution in [0.25, 0.3) is 0 Å². The number of fused-ring (bicyclic) bond motifs is 1. The zero-order valence-electron chi connectivity index (χ0n) is 14.4. The monoisotopic (exact) mass is 348 g/mol. The number of aliphatic hydroxyl groups is 1. The van der Waals surface area contributed by atoms with Crippen LogP contribution in [0.5, 0.6) is 0 Å². The number of aliphatic hydroxyl groups excluding tert-OH is 1. The first-order valence-corrected chi connectivity index (χ1v) is 9.09. The van der Waals surface area contributed by atoms with E-state index < -0.39 is 0 Å². The van der Waals surface area contributed by atoms with Crippen LogP contribution in [-0.4, -0.2) is 47.6 Å². The molecular weight excluding hydrogens is 323 g/mol. The van der Waals surface area contributed by atoms with E-state index in [1.54, 1.807) is 11.0 Å². The van der Waals surface area contributed by atoms with E-state index in [1.165, 1.54) is 12.1 Å². The maximum absolute atomic E-state index is 13.4. The van der Waals surface area contributed by atoms with Gasteiger partial charge in [0.15, 0.2) is 0 Å². The first kappa shape index (κ1) is 17.9. The van der Waals surface area contributed by atoms with Crippen molar-refractivity contribution < 1.29 is 19.1 Å². The number of anilines is 1. The summed E-state index contributed by atoms with van der Waals surface area (Å²) in [4.78, 5) is 28.4. The molecule has 3 rings (SSSR count). The van der Waals surface area contributed by atoms with E-state index >= 15 is 0 Å². The molecule has 0 aliphatic carbocycles. The molecule has 5 nitrogen and oxygen atoms in total. The lowest BCUT2D eigenvalue weighted by molar-refractivity contribution is -0.135. The van der Waals surface area contributed by atoms with Crippen LogP contribution >= 0.6 is 0 Å². The summed E-state index contributed by atoms with van der Waals surface area (Å²) >= 11 is 0. The van der Waals surface area contributed by atoms with Crippen molar-refractivity contribution in [3.05, 3.63) is 29.6 Å². The van der Waals surface area contributed by atoms with Crippen LogP contribution in [0.1, 0.15) is 44.1 Å². The Morgan fingerprint density at radius 2 is 2.12 bits per heavy atom. The summed E-state index contributed by atoms with van der Waals surface area (Å²) in [5.74, 6) is -0.290. The molecular formula is C19H25FN2O3. The van der Waals surface area contributed by atoms with E-state index in [0.717, 1.165) is 37.1 Å². The summed E-state index contributed by atoms with van der Waals surface area (Å²) in [7, 11) is 0. The second-order valence-electron chi connectivity index (χ2n) is 6.82. The van der Waals surface area contributed by atoms with E-state index in [-0.39, 0.29) is 36.7 Å². The van der Waals surface area contributed by atoms with E-state index in [0.29, 0.717) is 25.8 Å². The maximum Gasteiger partial charge on any atom is 0.227 e. The number of benzene rings is 1. The SMILES string of the molecule is O=C1CCc2cc(F)ccc2N1CCC(=O)N1CCCCC1CCO. The number of hydrogen-bond acceptors (Lipinski definition) is 3. The second kappa shape index (κ2) is 7.95. The van der Waals surface area contributed by atoms with Gasteiger partial charge in [0.05, 0.1) is 0 Å². The average molecular weight is 348 g/mol. The van der Waals surface area contributed by atoms with Crippen LogP contribution in [0.3, 0.4) is 0 Å². The molecule has 1 saturated heterocycles. The van der Waals surface area contributed by atoms with Gasteiger partial charge in [-0.2, -0.15) is 0 Å². The quantitative estimate of drug-likeness (QED) is 0.888. The van der Waals surface area contributed by atoms with Gasteiger partial charge in [0.1, 0.15) is 5.82 Å². The minimum absolute atomic E-state index is 0.0162. The van der Waals surface area contributed by atoms with E-state index in [9.17, 15) is 19.1 Å². The third kappa shape index (κ3) is 4.00. The average Bonchev–Trinajstić information content (AvgIpc) is 2.61. The normalized spacial score (nSPS) is 20.6. The zero-order chi connectivity index (χ0) is 17.8. The number of hydrogen-bond donors (Lipinski definition) is 1. The van der Waals surface area contributed by atoms with Crippen molar-refractivity contribution >= 4 is 17.5 Å². The molecule has 1 N–H and O–H groups in total. The van der Waals surface area contributed by atoms with Gasteiger partial charge in [-0.25, -0.2) is 4.39 Å². The summed E-state index contributed by atoms with van der Waals surface area (Å²) in [6.45, 7) is 1.12. The van der Waals surface area contributed by atoms with Crippen molar-refractivity contribution in [1.29, 1.82) is 0 Å². The van der Waals surface area contributed by atoms with Gasteiger partial charge in [-0.15, -0.1) is 0 Å². The van der Waals surface area contributed by atoms with Gasteiger partial charge in [0.25, 0.3) is 0 Å². The van der Waals surface area contributed by atoms with Gasteiger partial charge in [-0.1, -0.05) is 0 Å². The number of halogens is 1. The molecule has 25 heavy (non-hydrogen) atoms. The van der Waals surface area contributed by atoms with Crippen LogP contribution < -0.4 is 4.90 Å². The fraction of sp³-hybridized carbons (Fsp3) is 0.579. The number of piperidine rings is 1. The molecule has 1 atom stereocenters. The molecule has 0 spiro atoms. The first-order valence-electron chi connectivity index (χ1n) is 9.09. The molecule has 0 aromatic heterocycles. The number of carbonyl (C=O) groups is 2. The molecule has 2 amide bonds. The Hall–Kier alpha value is -1.95. The minimum atomic E-state index is -0.302. The predicted octanol–water partition coefficient (Wildman–Crippen LogP) is 2.26. The fourth-order valence-corrected chi connectivity index (χ4v) is 3.90. The largest absolute Gasteiger partial charge is 0.396 e. The zero-order valence-corrected chi connectivity index (χ0v) is 14.4. The van der Waals surface area contributed by atoms with Crippen molar-refractivity contribution in [2.24, 2.45) is 0 Å². The molecule has 136 valence electrons. The van der Waals surface area contributed by atoms with Crippen LogP contribution in [0.4, 0.5) is 10.1 Å². The van der Waals surface area contributed by atoms with Gasteiger partial charge in [0.2, 0.25) is 11.8 Å². The van der Waals surface area contributed by atoms with E-state index in [2.05, 4.69) is 0 Å². The molecule has 0 saturated carbocycles. The molecule has 2 aliphatic heterocycles. The highest BCUT2D eigenvalue weighted by Crippen LogP contribution is 2.29. The Labute approximate surface area is 147 Å². The number of rotatable bonds is 5. The standard InChI is InChI=1S/C19H25FN2O3/c20-15-5-6-17-14(13-15)4-7-18(24)22(17)11-8-19(25)21-10-2-1-3-16(21)9-12-23/h5-6,13,16,23H,1-4,7-12H2. The van der Waals surface area contributed by atoms with Crippen molar-refractivity contribution in [3.63, 3.8) is 0 Å². The summed E-state index contributed by atoms with van der Waals surface area (Å²) in [5.41, 5.74) is 1.54. The first-order chi connectivity index (χ1) is 12.1. The van der Waals surface area contributed by atoms with Gasteiger partial charge in [0, 0.05) is 44.3 Å². The van der Waals surface area contributed by atoms with E-state index in [1.807, 2.05) is 4.90 Å². The van der Waals surface area contributed by atoms with Gasteiger partial charge in [-0.3, -0.25) is 9.59 Å². The van der Waals surface area contributed by atoms with Crippen molar-refractivity contribution in [2.45, 2.75) is 51.0 Å². The lowest BCUT2D eigenvalue weighted by Gasteiger charge is -2.36. The Morgan fingerprint density at radius 1 is 1.28 bits per heavy atom. The molecule has 1 fully saturated rings. The highest BCUT2D eigenvalue weighted by atomic mass is 19.1. The predicted molar refractivity (Wildman–Crippen MR) is 92.7 cm³/mol. The summed E-state index contributed by atoms with van der Waals surface area (Å²) in [5, 5.41) is 9.20. The fourth-order valence-electron chi connectivity index (χ4n) is 3.90. The summed E-state index contributed by atoms with van der Waals surface area (Å²) < 4.78 is 13.4. The number of amides is 2. The van der Waals surface area contributed by atoms with Crippen LogP contribution in [0.2, 0.25) is 0 Å². The Balaban J connectivity index is 1.66. The molecule has 2 aliphatic rings. The summed E-state index contributed by atoms with van der Waals surface area (Å²) in [6.07, 6.45) is 4.75. The number of carbonyl (C=O) groups excluding carboxylic acids is 2. The van der Waals surface area contributed by atoms with Crippen LogP contribution in [-0.2, 0) is 16.0 Å². The number of nitrogens with zero attached hydrogens (tertiary/aromatic N) is 2. The van der Waals surface area contributed by atoms with Crippen molar-refractivity contribution in [3.8, 4) is 0 Å². The Bertz CT molecular complexity index is 648. The third-order valence-electron chi connectivity index (χ3n) is 5.20. The molecule has 0 radical (unpaired) electrons. The Morgan fingerprint density at radius 3 is 2.92 bits per heavy atom. The van der Waals surface area contributed by atoms with Crippen molar-refractivity contribution in [2.75, 3.05) is 24.6 Å².